The Bertz CT molecular complexity index is 797. The van der Waals surface area contributed by atoms with E-state index in [9.17, 15) is 0 Å². The summed E-state index contributed by atoms with van der Waals surface area (Å²) in [5.41, 5.74) is 8.45. The number of likely N-dealkylation sites (tertiary alicyclic amines) is 1. The monoisotopic (exact) mass is 347 g/mol. The molecule has 2 aromatic carbocycles. The second-order valence-electron chi connectivity index (χ2n) is 7.74. The van der Waals surface area contributed by atoms with Gasteiger partial charge in [-0.2, -0.15) is 0 Å². The molecule has 0 radical (unpaired) electrons. The molecule has 1 saturated heterocycles. The zero-order valence-electron chi connectivity index (χ0n) is 16.1. The maximum absolute atomic E-state index is 5.96. The molecule has 0 saturated carbocycles. The van der Waals surface area contributed by atoms with Gasteiger partial charge in [-0.25, -0.2) is 0 Å². The van der Waals surface area contributed by atoms with Crippen LogP contribution in [0.15, 0.2) is 48.0 Å². The minimum Gasteiger partial charge on any atom is -0.492 e. The van der Waals surface area contributed by atoms with Gasteiger partial charge in [0, 0.05) is 6.54 Å². The van der Waals surface area contributed by atoms with Crippen LogP contribution in [0.4, 0.5) is 0 Å². The van der Waals surface area contributed by atoms with Gasteiger partial charge in [-0.1, -0.05) is 41.5 Å². The first-order valence-electron chi connectivity index (χ1n) is 9.96. The van der Waals surface area contributed by atoms with E-state index in [1.54, 1.807) is 0 Å². The highest BCUT2D eigenvalue weighted by Gasteiger charge is 2.18. The molecule has 2 nitrogen and oxygen atoms in total. The van der Waals surface area contributed by atoms with Crippen molar-refractivity contribution in [3.63, 3.8) is 0 Å². The van der Waals surface area contributed by atoms with Crippen molar-refractivity contribution in [3.8, 4) is 5.75 Å². The van der Waals surface area contributed by atoms with Crippen LogP contribution >= 0.6 is 0 Å². The fourth-order valence-corrected chi connectivity index (χ4v) is 4.27. The lowest BCUT2D eigenvalue weighted by Gasteiger charge is -2.23. The van der Waals surface area contributed by atoms with Crippen molar-refractivity contribution in [3.05, 3.63) is 70.3 Å². The summed E-state index contributed by atoms with van der Waals surface area (Å²) in [4.78, 5) is 2.49. The van der Waals surface area contributed by atoms with Crippen LogP contribution in [0.5, 0.6) is 5.75 Å². The van der Waals surface area contributed by atoms with Gasteiger partial charge in [-0.15, -0.1) is 0 Å². The van der Waals surface area contributed by atoms with Gasteiger partial charge in [0.2, 0.25) is 0 Å². The van der Waals surface area contributed by atoms with Gasteiger partial charge in [0.25, 0.3) is 0 Å². The van der Waals surface area contributed by atoms with Crippen LogP contribution in [0.3, 0.4) is 0 Å². The van der Waals surface area contributed by atoms with Gasteiger partial charge < -0.3 is 4.74 Å². The average Bonchev–Trinajstić information content (AvgIpc) is 3.16. The van der Waals surface area contributed by atoms with Crippen LogP contribution in [-0.2, 0) is 6.42 Å². The molecule has 4 rings (SSSR count). The van der Waals surface area contributed by atoms with E-state index in [-0.39, 0.29) is 0 Å². The fourth-order valence-electron chi connectivity index (χ4n) is 4.27. The standard InChI is InChI=1S/C24H29NO/c1-18-5-12-23-21(17-18)7-6-19(2)24(23)20-8-10-22(11-9-20)26-16-15-25-13-3-4-14-25/h5,8-12,17H,3-4,6-7,13-16H2,1-2H3. The second kappa shape index (κ2) is 7.67. The molecule has 136 valence electrons. The number of aryl methyl sites for hydroxylation is 2. The molecular weight excluding hydrogens is 318 g/mol. The molecule has 0 aromatic heterocycles. The molecule has 2 aliphatic rings. The Hall–Kier alpha value is -2.06. The SMILES string of the molecule is CC1=C(c2ccc(OCCN3CCCC3)cc2)c2ccc(C)cc2CC1. The molecule has 0 spiro atoms. The molecule has 1 fully saturated rings. The van der Waals surface area contributed by atoms with E-state index in [2.05, 4.69) is 61.2 Å². The van der Waals surface area contributed by atoms with Crippen molar-refractivity contribution in [2.45, 2.75) is 39.5 Å². The summed E-state index contributed by atoms with van der Waals surface area (Å²) in [6, 6.07) is 15.6. The van der Waals surface area contributed by atoms with Crippen molar-refractivity contribution >= 4 is 5.57 Å². The predicted molar refractivity (Wildman–Crippen MR) is 109 cm³/mol. The molecule has 26 heavy (non-hydrogen) atoms. The van der Waals surface area contributed by atoms with Crippen LogP contribution in [0.25, 0.3) is 5.57 Å². The van der Waals surface area contributed by atoms with Crippen molar-refractivity contribution in [2.24, 2.45) is 0 Å². The highest BCUT2D eigenvalue weighted by atomic mass is 16.5. The lowest BCUT2D eigenvalue weighted by atomic mass is 9.82. The zero-order valence-corrected chi connectivity index (χ0v) is 16.1. The number of hydrogen-bond donors (Lipinski definition) is 0. The number of allylic oxidation sites excluding steroid dienone is 1. The minimum atomic E-state index is 0.781. The van der Waals surface area contributed by atoms with E-state index in [0.29, 0.717) is 0 Å². The topological polar surface area (TPSA) is 12.5 Å². The molecule has 0 unspecified atom stereocenters. The van der Waals surface area contributed by atoms with Crippen molar-refractivity contribution in [1.82, 2.24) is 4.90 Å². The summed E-state index contributed by atoms with van der Waals surface area (Å²) in [5.74, 6) is 0.978. The number of rotatable bonds is 5. The first-order valence-corrected chi connectivity index (χ1v) is 9.96. The van der Waals surface area contributed by atoms with E-state index >= 15 is 0 Å². The third kappa shape index (κ3) is 3.71. The Morgan fingerprint density at radius 3 is 2.46 bits per heavy atom. The lowest BCUT2D eigenvalue weighted by molar-refractivity contribution is 0.238. The zero-order chi connectivity index (χ0) is 17.9. The quantitative estimate of drug-likeness (QED) is 0.733. The van der Waals surface area contributed by atoms with E-state index in [4.69, 9.17) is 4.74 Å². The van der Waals surface area contributed by atoms with E-state index in [1.165, 1.54) is 59.3 Å². The Morgan fingerprint density at radius 2 is 1.69 bits per heavy atom. The molecule has 2 heteroatoms. The minimum absolute atomic E-state index is 0.781. The van der Waals surface area contributed by atoms with E-state index < -0.39 is 0 Å². The maximum atomic E-state index is 5.96. The van der Waals surface area contributed by atoms with Crippen molar-refractivity contribution < 1.29 is 4.74 Å². The number of ether oxygens (including phenoxy) is 1. The fraction of sp³-hybridized carbons (Fsp3) is 0.417. The number of fused-ring (bicyclic) bond motifs is 1. The van der Waals surface area contributed by atoms with Crippen LogP contribution in [-0.4, -0.2) is 31.1 Å². The van der Waals surface area contributed by atoms with Crippen molar-refractivity contribution in [2.75, 3.05) is 26.2 Å². The van der Waals surface area contributed by atoms with Crippen molar-refractivity contribution in [1.29, 1.82) is 0 Å². The Kier molecular flexibility index (Phi) is 5.12. The smallest absolute Gasteiger partial charge is 0.119 e. The third-order valence-corrected chi connectivity index (χ3v) is 5.74. The molecular formula is C24H29NO. The summed E-state index contributed by atoms with van der Waals surface area (Å²) >= 11 is 0. The van der Waals surface area contributed by atoms with Gasteiger partial charge in [-0.3, -0.25) is 4.90 Å². The number of benzene rings is 2. The Labute approximate surface area is 157 Å². The van der Waals surface area contributed by atoms with E-state index in [1.807, 2.05) is 0 Å². The Balaban J connectivity index is 1.48. The highest BCUT2D eigenvalue weighted by molar-refractivity contribution is 5.85. The summed E-state index contributed by atoms with van der Waals surface area (Å²) in [6.07, 6.45) is 4.98. The maximum Gasteiger partial charge on any atom is 0.119 e. The molecule has 2 aromatic rings. The molecule has 1 aliphatic carbocycles. The van der Waals surface area contributed by atoms with Gasteiger partial charge in [0.1, 0.15) is 12.4 Å². The summed E-state index contributed by atoms with van der Waals surface area (Å²) in [5, 5.41) is 0. The molecule has 1 aliphatic heterocycles. The van der Waals surface area contributed by atoms with Crippen LogP contribution in [0, 0.1) is 6.92 Å². The van der Waals surface area contributed by atoms with E-state index in [0.717, 1.165) is 31.7 Å². The first kappa shape index (κ1) is 17.4. The predicted octanol–water partition coefficient (Wildman–Crippen LogP) is 5.24. The highest BCUT2D eigenvalue weighted by Crippen LogP contribution is 2.36. The van der Waals surface area contributed by atoms with Gasteiger partial charge >= 0.3 is 0 Å². The summed E-state index contributed by atoms with van der Waals surface area (Å²) in [7, 11) is 0. The number of nitrogens with zero attached hydrogens (tertiary/aromatic N) is 1. The van der Waals surface area contributed by atoms with Crippen LogP contribution in [0.1, 0.15) is 48.4 Å². The van der Waals surface area contributed by atoms with Gasteiger partial charge in [0.15, 0.2) is 0 Å². The molecule has 0 amide bonds. The third-order valence-electron chi connectivity index (χ3n) is 5.74. The normalized spacial score (nSPS) is 17.5. The second-order valence-corrected chi connectivity index (χ2v) is 7.74. The lowest BCUT2D eigenvalue weighted by Crippen LogP contribution is -2.25. The molecule has 1 heterocycles. The molecule has 0 bridgehead atoms. The van der Waals surface area contributed by atoms with Gasteiger partial charge in [-0.05, 0) is 87.0 Å². The first-order chi connectivity index (χ1) is 12.7. The molecule has 0 N–H and O–H groups in total. The largest absolute Gasteiger partial charge is 0.492 e. The Morgan fingerprint density at radius 1 is 0.923 bits per heavy atom. The molecule has 0 atom stereocenters. The van der Waals surface area contributed by atoms with Gasteiger partial charge in [0.05, 0.1) is 0 Å². The van der Waals surface area contributed by atoms with Crippen LogP contribution < -0.4 is 4.74 Å². The number of hydrogen-bond acceptors (Lipinski definition) is 2. The average molecular weight is 348 g/mol. The van der Waals surface area contributed by atoms with Crippen LogP contribution in [0.2, 0.25) is 0 Å². The summed E-state index contributed by atoms with van der Waals surface area (Å²) < 4.78 is 5.96. The summed E-state index contributed by atoms with van der Waals surface area (Å²) in [6.45, 7) is 8.74.